The molecule has 2 aromatic carbocycles. The first-order valence-electron chi connectivity index (χ1n) is 7.75. The van der Waals surface area contributed by atoms with E-state index in [2.05, 4.69) is 9.97 Å². The molecule has 0 saturated carbocycles. The first-order chi connectivity index (χ1) is 12.5. The Bertz CT molecular complexity index is 1100. The Kier molecular flexibility index (Phi) is 4.08. The number of halogens is 3. The molecule has 4 rings (SSSR count). The molecule has 7 heteroatoms. The van der Waals surface area contributed by atoms with Gasteiger partial charge < -0.3 is 5.73 Å². The van der Waals surface area contributed by atoms with Crippen LogP contribution in [0.25, 0.3) is 21.6 Å². The van der Waals surface area contributed by atoms with Crippen LogP contribution in [0.4, 0.5) is 19.0 Å². The third kappa shape index (κ3) is 3.25. The molecule has 130 valence electrons. The highest BCUT2D eigenvalue weighted by Gasteiger charge is 2.12. The van der Waals surface area contributed by atoms with Crippen molar-refractivity contribution in [3.05, 3.63) is 76.4 Å². The SMILES string of the molecule is Nc1nc(-c2cccc(F)c2)nc2sc(Cc3cc(F)cc(F)c3)cc12. The average molecular weight is 371 g/mol. The number of rotatable bonds is 3. The van der Waals surface area contributed by atoms with Gasteiger partial charge in [-0.1, -0.05) is 12.1 Å². The molecule has 0 unspecified atom stereocenters. The molecule has 0 atom stereocenters. The maximum absolute atomic E-state index is 13.4. The predicted octanol–water partition coefficient (Wildman–Crippen LogP) is 4.95. The van der Waals surface area contributed by atoms with Gasteiger partial charge in [0.2, 0.25) is 0 Å². The van der Waals surface area contributed by atoms with Crippen molar-refractivity contribution in [2.45, 2.75) is 6.42 Å². The van der Waals surface area contributed by atoms with Crippen molar-refractivity contribution in [1.82, 2.24) is 9.97 Å². The Balaban J connectivity index is 1.74. The number of nitrogens with zero attached hydrogens (tertiary/aromatic N) is 2. The van der Waals surface area contributed by atoms with E-state index in [1.54, 1.807) is 12.1 Å². The summed E-state index contributed by atoms with van der Waals surface area (Å²) < 4.78 is 40.2. The van der Waals surface area contributed by atoms with Crippen molar-refractivity contribution in [3.8, 4) is 11.4 Å². The van der Waals surface area contributed by atoms with Crippen molar-refractivity contribution in [2.75, 3.05) is 5.73 Å². The normalized spacial score (nSPS) is 11.2. The summed E-state index contributed by atoms with van der Waals surface area (Å²) >= 11 is 1.36. The van der Waals surface area contributed by atoms with Gasteiger partial charge in [-0.25, -0.2) is 23.1 Å². The lowest BCUT2D eigenvalue weighted by Crippen LogP contribution is -1.96. The van der Waals surface area contributed by atoms with Crippen LogP contribution in [0.2, 0.25) is 0 Å². The van der Waals surface area contributed by atoms with Gasteiger partial charge in [0.05, 0.1) is 5.39 Å². The van der Waals surface area contributed by atoms with Crippen LogP contribution in [-0.2, 0) is 6.42 Å². The highest BCUT2D eigenvalue weighted by Crippen LogP contribution is 2.31. The van der Waals surface area contributed by atoms with Gasteiger partial charge in [0.1, 0.15) is 28.1 Å². The van der Waals surface area contributed by atoms with E-state index in [9.17, 15) is 13.2 Å². The summed E-state index contributed by atoms with van der Waals surface area (Å²) in [5.74, 6) is -1.01. The minimum atomic E-state index is -0.617. The number of nitrogen functional groups attached to an aromatic ring is 1. The molecule has 2 N–H and O–H groups in total. The van der Waals surface area contributed by atoms with Crippen molar-refractivity contribution in [2.24, 2.45) is 0 Å². The summed E-state index contributed by atoms with van der Waals surface area (Å²) in [4.78, 5) is 10.2. The molecule has 0 aliphatic heterocycles. The van der Waals surface area contributed by atoms with Crippen LogP contribution in [0.15, 0.2) is 48.5 Å². The fourth-order valence-corrected chi connectivity index (χ4v) is 3.82. The Morgan fingerprint density at radius 2 is 1.65 bits per heavy atom. The van der Waals surface area contributed by atoms with Crippen LogP contribution in [0.1, 0.15) is 10.4 Å². The lowest BCUT2D eigenvalue weighted by atomic mass is 10.1. The average Bonchev–Trinajstić information content (AvgIpc) is 2.97. The van der Waals surface area contributed by atoms with Crippen molar-refractivity contribution < 1.29 is 13.2 Å². The fraction of sp³-hybridized carbons (Fsp3) is 0.0526. The van der Waals surface area contributed by atoms with Crippen LogP contribution in [0, 0.1) is 17.5 Å². The molecule has 0 radical (unpaired) electrons. The molecule has 0 saturated heterocycles. The number of anilines is 1. The predicted molar refractivity (Wildman–Crippen MR) is 96.4 cm³/mol. The zero-order valence-electron chi connectivity index (χ0n) is 13.3. The van der Waals surface area contributed by atoms with Crippen molar-refractivity contribution in [1.29, 1.82) is 0 Å². The quantitative estimate of drug-likeness (QED) is 0.554. The third-order valence-electron chi connectivity index (χ3n) is 3.86. The number of nitrogens with two attached hydrogens (primary N) is 1. The Hall–Kier alpha value is -2.93. The number of benzene rings is 2. The zero-order valence-corrected chi connectivity index (χ0v) is 14.2. The van der Waals surface area contributed by atoms with E-state index in [1.807, 2.05) is 6.07 Å². The first-order valence-corrected chi connectivity index (χ1v) is 8.56. The molecule has 0 bridgehead atoms. The minimum absolute atomic E-state index is 0.280. The van der Waals surface area contributed by atoms with E-state index in [4.69, 9.17) is 5.73 Å². The fourth-order valence-electron chi connectivity index (χ4n) is 2.75. The molecule has 0 amide bonds. The third-order valence-corrected chi connectivity index (χ3v) is 4.89. The van der Waals surface area contributed by atoms with Gasteiger partial charge in [-0.15, -0.1) is 11.3 Å². The highest BCUT2D eigenvalue weighted by molar-refractivity contribution is 7.18. The Labute approximate surface area is 151 Å². The van der Waals surface area contributed by atoms with Crippen molar-refractivity contribution >= 4 is 27.4 Å². The maximum atomic E-state index is 13.4. The number of fused-ring (bicyclic) bond motifs is 1. The van der Waals surface area contributed by atoms with Gasteiger partial charge in [-0.05, 0) is 35.9 Å². The second-order valence-electron chi connectivity index (χ2n) is 5.83. The molecule has 26 heavy (non-hydrogen) atoms. The molecule has 2 aromatic heterocycles. The highest BCUT2D eigenvalue weighted by atomic mass is 32.1. The summed E-state index contributed by atoms with van der Waals surface area (Å²) in [5.41, 5.74) is 7.08. The second-order valence-corrected chi connectivity index (χ2v) is 6.94. The van der Waals surface area contributed by atoms with Crippen LogP contribution in [-0.4, -0.2) is 9.97 Å². The number of hydrogen-bond donors (Lipinski definition) is 1. The monoisotopic (exact) mass is 371 g/mol. The van der Waals surface area contributed by atoms with Gasteiger partial charge in [0.25, 0.3) is 0 Å². The molecule has 0 spiro atoms. The maximum Gasteiger partial charge on any atom is 0.163 e. The summed E-state index contributed by atoms with van der Waals surface area (Å²) in [6.07, 6.45) is 0.352. The van der Waals surface area contributed by atoms with E-state index >= 15 is 0 Å². The van der Waals surface area contributed by atoms with E-state index < -0.39 is 11.6 Å². The van der Waals surface area contributed by atoms with E-state index in [0.717, 1.165) is 10.9 Å². The van der Waals surface area contributed by atoms with Crippen LogP contribution in [0.3, 0.4) is 0 Å². The molecule has 4 aromatic rings. The molecule has 2 heterocycles. The van der Waals surface area contributed by atoms with Gasteiger partial charge in [0, 0.05) is 22.9 Å². The van der Waals surface area contributed by atoms with Gasteiger partial charge in [-0.3, -0.25) is 0 Å². The van der Waals surface area contributed by atoms with E-state index in [0.29, 0.717) is 33.6 Å². The van der Waals surface area contributed by atoms with Gasteiger partial charge in [0.15, 0.2) is 5.82 Å². The smallest absolute Gasteiger partial charge is 0.163 e. The van der Waals surface area contributed by atoms with Crippen LogP contribution < -0.4 is 5.73 Å². The van der Waals surface area contributed by atoms with Gasteiger partial charge in [-0.2, -0.15) is 0 Å². The zero-order chi connectivity index (χ0) is 18.3. The summed E-state index contributed by atoms with van der Waals surface area (Å²) in [6, 6.07) is 11.2. The molecule has 0 fully saturated rings. The summed E-state index contributed by atoms with van der Waals surface area (Å²) in [6.45, 7) is 0. The summed E-state index contributed by atoms with van der Waals surface area (Å²) in [5, 5.41) is 0.669. The number of aromatic nitrogens is 2. The molecular weight excluding hydrogens is 359 g/mol. The van der Waals surface area contributed by atoms with Gasteiger partial charge >= 0.3 is 0 Å². The standard InChI is InChI=1S/C19H12F3N3S/c20-12-3-1-2-11(7-12)18-24-17(23)16-9-15(26-19(16)25-18)6-10-4-13(21)8-14(22)5-10/h1-5,7-9H,6H2,(H2,23,24,25). The molecule has 3 nitrogen and oxygen atoms in total. The first kappa shape index (κ1) is 16.5. The Morgan fingerprint density at radius 3 is 2.38 bits per heavy atom. The van der Waals surface area contributed by atoms with E-state index in [1.165, 1.54) is 35.6 Å². The van der Waals surface area contributed by atoms with Crippen molar-refractivity contribution in [3.63, 3.8) is 0 Å². The number of thiophene rings is 1. The second kappa shape index (κ2) is 6.42. The van der Waals surface area contributed by atoms with Crippen LogP contribution in [0.5, 0.6) is 0 Å². The minimum Gasteiger partial charge on any atom is -0.383 e. The molecule has 0 aliphatic carbocycles. The molecule has 0 aliphatic rings. The topological polar surface area (TPSA) is 51.8 Å². The lowest BCUT2D eigenvalue weighted by molar-refractivity contribution is 0.580. The van der Waals surface area contributed by atoms with Crippen LogP contribution >= 0.6 is 11.3 Å². The molecular formula is C19H12F3N3S. The number of hydrogen-bond acceptors (Lipinski definition) is 4. The lowest BCUT2D eigenvalue weighted by Gasteiger charge is -2.02. The largest absolute Gasteiger partial charge is 0.383 e. The Morgan fingerprint density at radius 1 is 0.885 bits per heavy atom. The summed E-state index contributed by atoms with van der Waals surface area (Å²) in [7, 11) is 0. The van der Waals surface area contributed by atoms with E-state index in [-0.39, 0.29) is 11.6 Å².